The number of alkyl halides is 5. The van der Waals surface area contributed by atoms with Gasteiger partial charge in [0.25, 0.3) is 5.92 Å². The zero-order chi connectivity index (χ0) is 19.2. The molecule has 0 bridgehead atoms. The SMILES string of the molecule is FC1(F)CCN(c2cc(-c3ccc(C(F)(F)F)cc3)cc3c2CCCC3)C1. The lowest BCUT2D eigenvalue weighted by molar-refractivity contribution is -0.137. The van der Waals surface area contributed by atoms with E-state index < -0.39 is 17.7 Å². The van der Waals surface area contributed by atoms with Crippen LogP contribution in [0.4, 0.5) is 27.6 Å². The van der Waals surface area contributed by atoms with Crippen molar-refractivity contribution < 1.29 is 22.0 Å². The van der Waals surface area contributed by atoms with Gasteiger partial charge in [0.05, 0.1) is 12.1 Å². The fraction of sp³-hybridized carbons (Fsp3) is 0.429. The third-order valence-electron chi connectivity index (χ3n) is 5.50. The van der Waals surface area contributed by atoms with Crippen molar-refractivity contribution in [1.29, 1.82) is 0 Å². The van der Waals surface area contributed by atoms with E-state index in [1.54, 1.807) is 4.90 Å². The van der Waals surface area contributed by atoms with Crippen LogP contribution in [-0.4, -0.2) is 19.0 Å². The molecule has 1 heterocycles. The van der Waals surface area contributed by atoms with Gasteiger partial charge in [0.1, 0.15) is 0 Å². The zero-order valence-corrected chi connectivity index (χ0v) is 14.8. The Kier molecular flexibility index (Phi) is 4.40. The van der Waals surface area contributed by atoms with Gasteiger partial charge in [-0.2, -0.15) is 13.2 Å². The summed E-state index contributed by atoms with van der Waals surface area (Å²) in [5.74, 6) is -2.69. The molecule has 1 aliphatic heterocycles. The van der Waals surface area contributed by atoms with Gasteiger partial charge in [0, 0.05) is 18.7 Å². The lowest BCUT2D eigenvalue weighted by atomic mass is 9.87. The molecule has 0 aromatic heterocycles. The number of aryl methyl sites for hydroxylation is 1. The van der Waals surface area contributed by atoms with E-state index >= 15 is 0 Å². The Morgan fingerprint density at radius 2 is 1.59 bits per heavy atom. The molecule has 0 atom stereocenters. The van der Waals surface area contributed by atoms with Crippen LogP contribution in [-0.2, 0) is 19.0 Å². The third-order valence-corrected chi connectivity index (χ3v) is 5.50. The summed E-state index contributed by atoms with van der Waals surface area (Å²) in [6.07, 6.45) is -0.725. The summed E-state index contributed by atoms with van der Waals surface area (Å²) < 4.78 is 65.9. The Hall–Kier alpha value is -2.11. The number of nitrogens with zero attached hydrogens (tertiary/aromatic N) is 1. The Morgan fingerprint density at radius 1 is 0.889 bits per heavy atom. The predicted molar refractivity (Wildman–Crippen MR) is 95.3 cm³/mol. The monoisotopic (exact) mass is 381 g/mol. The first kappa shape index (κ1) is 18.3. The third kappa shape index (κ3) is 3.66. The van der Waals surface area contributed by atoms with Crippen LogP contribution in [0, 0.1) is 0 Å². The van der Waals surface area contributed by atoms with Crippen LogP contribution in [0.2, 0.25) is 0 Å². The lowest BCUT2D eigenvalue weighted by Crippen LogP contribution is -2.26. The summed E-state index contributed by atoms with van der Waals surface area (Å²) in [4.78, 5) is 1.73. The van der Waals surface area contributed by atoms with Gasteiger partial charge in [-0.05, 0) is 66.1 Å². The molecule has 0 amide bonds. The van der Waals surface area contributed by atoms with Gasteiger partial charge in [-0.1, -0.05) is 18.2 Å². The van der Waals surface area contributed by atoms with E-state index in [0.717, 1.165) is 60.2 Å². The number of anilines is 1. The maximum Gasteiger partial charge on any atom is 0.416 e. The summed E-state index contributed by atoms with van der Waals surface area (Å²) in [7, 11) is 0. The highest BCUT2D eigenvalue weighted by atomic mass is 19.4. The number of hydrogen-bond acceptors (Lipinski definition) is 1. The fourth-order valence-corrected chi connectivity index (χ4v) is 4.09. The number of hydrogen-bond donors (Lipinski definition) is 0. The summed E-state index contributed by atoms with van der Waals surface area (Å²) in [6, 6.07) is 8.92. The molecular weight excluding hydrogens is 361 g/mol. The molecular formula is C21H20F5N. The first-order chi connectivity index (χ1) is 12.7. The van der Waals surface area contributed by atoms with E-state index in [4.69, 9.17) is 0 Å². The Morgan fingerprint density at radius 3 is 2.22 bits per heavy atom. The van der Waals surface area contributed by atoms with Crippen molar-refractivity contribution in [2.75, 3.05) is 18.0 Å². The molecule has 1 fully saturated rings. The first-order valence-electron chi connectivity index (χ1n) is 9.19. The van der Waals surface area contributed by atoms with Gasteiger partial charge in [-0.25, -0.2) is 8.78 Å². The standard InChI is InChI=1S/C21H20F5N/c22-20(23)9-10-27(13-20)19-12-16(11-15-3-1-2-4-18(15)19)14-5-7-17(8-6-14)21(24,25)26/h5-8,11-12H,1-4,9-10,13H2. The maximum absolute atomic E-state index is 13.7. The van der Waals surface area contributed by atoms with Crippen molar-refractivity contribution in [1.82, 2.24) is 0 Å². The highest BCUT2D eigenvalue weighted by Crippen LogP contribution is 2.40. The molecule has 0 radical (unpaired) electrons. The molecule has 2 aromatic carbocycles. The molecule has 2 aliphatic rings. The molecule has 1 saturated heterocycles. The van der Waals surface area contributed by atoms with Gasteiger partial charge in [-0.15, -0.1) is 0 Å². The highest BCUT2D eigenvalue weighted by molar-refractivity contribution is 5.73. The van der Waals surface area contributed by atoms with Crippen LogP contribution in [0.3, 0.4) is 0 Å². The Balaban J connectivity index is 1.75. The van der Waals surface area contributed by atoms with Crippen molar-refractivity contribution in [3.8, 4) is 11.1 Å². The lowest BCUT2D eigenvalue weighted by Gasteiger charge is -2.27. The summed E-state index contributed by atoms with van der Waals surface area (Å²) in [5, 5.41) is 0. The van der Waals surface area contributed by atoms with Crippen molar-refractivity contribution in [3.05, 3.63) is 53.1 Å². The molecule has 0 spiro atoms. The summed E-state index contributed by atoms with van der Waals surface area (Å²) in [6.45, 7) is 0.00576. The number of halogens is 5. The maximum atomic E-state index is 13.7. The average Bonchev–Trinajstić information content (AvgIpc) is 3.00. The van der Waals surface area contributed by atoms with E-state index in [-0.39, 0.29) is 13.0 Å². The second-order valence-corrected chi connectivity index (χ2v) is 7.44. The van der Waals surface area contributed by atoms with E-state index in [9.17, 15) is 22.0 Å². The van der Waals surface area contributed by atoms with Crippen molar-refractivity contribution >= 4 is 5.69 Å². The predicted octanol–water partition coefficient (Wildman–Crippen LogP) is 6.10. The van der Waals surface area contributed by atoms with E-state index in [1.165, 1.54) is 12.1 Å². The Bertz CT molecular complexity index is 839. The smallest absolute Gasteiger partial charge is 0.365 e. The number of benzene rings is 2. The number of fused-ring (bicyclic) bond motifs is 1. The second-order valence-electron chi connectivity index (χ2n) is 7.44. The quantitative estimate of drug-likeness (QED) is 0.569. The molecule has 27 heavy (non-hydrogen) atoms. The topological polar surface area (TPSA) is 3.24 Å². The van der Waals surface area contributed by atoms with E-state index in [2.05, 4.69) is 0 Å². The first-order valence-corrected chi connectivity index (χ1v) is 9.19. The van der Waals surface area contributed by atoms with Gasteiger partial charge < -0.3 is 4.90 Å². The Labute approximate surface area is 154 Å². The largest absolute Gasteiger partial charge is 0.416 e. The zero-order valence-electron chi connectivity index (χ0n) is 14.8. The molecule has 0 N–H and O–H groups in total. The molecule has 1 aliphatic carbocycles. The van der Waals surface area contributed by atoms with Crippen LogP contribution in [0.1, 0.15) is 36.0 Å². The van der Waals surface area contributed by atoms with Crippen molar-refractivity contribution in [2.45, 2.75) is 44.2 Å². The minimum absolute atomic E-state index is 0.160. The van der Waals surface area contributed by atoms with Crippen LogP contribution < -0.4 is 4.90 Å². The molecule has 0 unspecified atom stereocenters. The van der Waals surface area contributed by atoms with Crippen LogP contribution >= 0.6 is 0 Å². The molecule has 1 nitrogen and oxygen atoms in total. The number of rotatable bonds is 2. The van der Waals surface area contributed by atoms with Crippen molar-refractivity contribution in [2.24, 2.45) is 0 Å². The molecule has 2 aromatic rings. The minimum atomic E-state index is -4.37. The molecule has 6 heteroatoms. The summed E-state index contributed by atoms with van der Waals surface area (Å²) in [5.41, 5.74) is 3.83. The van der Waals surface area contributed by atoms with Gasteiger partial charge in [0.15, 0.2) is 0 Å². The fourth-order valence-electron chi connectivity index (χ4n) is 4.09. The minimum Gasteiger partial charge on any atom is -0.365 e. The molecule has 4 rings (SSSR count). The van der Waals surface area contributed by atoms with Crippen LogP contribution in [0.25, 0.3) is 11.1 Å². The van der Waals surface area contributed by atoms with Crippen LogP contribution in [0.15, 0.2) is 36.4 Å². The summed E-state index contributed by atoms with van der Waals surface area (Å²) >= 11 is 0. The van der Waals surface area contributed by atoms with Gasteiger partial charge >= 0.3 is 6.18 Å². The van der Waals surface area contributed by atoms with Crippen molar-refractivity contribution in [3.63, 3.8) is 0 Å². The van der Waals surface area contributed by atoms with E-state index in [1.807, 2.05) is 12.1 Å². The van der Waals surface area contributed by atoms with E-state index in [0.29, 0.717) is 12.1 Å². The van der Waals surface area contributed by atoms with Gasteiger partial charge in [-0.3, -0.25) is 0 Å². The molecule has 144 valence electrons. The highest BCUT2D eigenvalue weighted by Gasteiger charge is 2.39. The van der Waals surface area contributed by atoms with Gasteiger partial charge in [0.2, 0.25) is 0 Å². The normalized spacial score (nSPS) is 19.2. The van der Waals surface area contributed by atoms with Crippen LogP contribution in [0.5, 0.6) is 0 Å². The molecule has 0 saturated carbocycles. The average molecular weight is 381 g/mol. The second kappa shape index (κ2) is 6.50.